The largest absolute Gasteiger partial charge is 0.343 e. The summed E-state index contributed by atoms with van der Waals surface area (Å²) in [5, 5.41) is 8.85. The van der Waals surface area contributed by atoms with Crippen LogP contribution in [0.5, 0.6) is 0 Å². The van der Waals surface area contributed by atoms with Crippen molar-refractivity contribution in [1.82, 2.24) is 15.5 Å². The van der Waals surface area contributed by atoms with Crippen molar-refractivity contribution in [2.75, 3.05) is 0 Å². The van der Waals surface area contributed by atoms with Gasteiger partial charge in [-0.2, -0.15) is 5.10 Å². The van der Waals surface area contributed by atoms with Gasteiger partial charge in [-0.25, -0.2) is 9.49 Å². The third kappa shape index (κ3) is 3.71. The van der Waals surface area contributed by atoms with Gasteiger partial charge in [0.2, 0.25) is 0 Å². The summed E-state index contributed by atoms with van der Waals surface area (Å²) in [6.07, 6.45) is 0. The fourth-order valence-electron chi connectivity index (χ4n) is 2.04. The second-order valence-electron chi connectivity index (χ2n) is 5.17. The number of hydrogen-bond acceptors (Lipinski definition) is 3. The summed E-state index contributed by atoms with van der Waals surface area (Å²) in [6, 6.07) is 6.29. The highest BCUT2D eigenvalue weighted by molar-refractivity contribution is 6.30. The van der Waals surface area contributed by atoms with Crippen molar-refractivity contribution in [2.45, 2.75) is 19.9 Å². The lowest BCUT2D eigenvalue weighted by Gasteiger charge is -2.23. The van der Waals surface area contributed by atoms with Crippen LogP contribution in [0, 0.1) is 11.7 Å². The van der Waals surface area contributed by atoms with Crippen LogP contribution in [-0.4, -0.2) is 16.1 Å². The van der Waals surface area contributed by atoms with Crippen LogP contribution in [0.15, 0.2) is 35.1 Å². The first-order chi connectivity index (χ1) is 10.4. The molecule has 0 radical (unpaired) electrons. The van der Waals surface area contributed by atoms with E-state index in [1.807, 2.05) is 13.8 Å². The lowest BCUT2D eigenvalue weighted by molar-refractivity contribution is 0.0918. The summed E-state index contributed by atoms with van der Waals surface area (Å²) >= 11 is 5.75. The first-order valence-electron chi connectivity index (χ1n) is 6.70. The lowest BCUT2D eigenvalue weighted by Crippen LogP contribution is -2.33. The number of carbonyl (C=O) groups is 1. The standard InChI is InChI=1S/C15H15ClFN3O2/c1-8(2)14(10-4-3-9(16)7-11(10)17)18-15(22)12-5-6-13(21)20-19-12/h3-8,14H,1-2H3,(H,18,22)(H,20,21). The third-order valence-electron chi connectivity index (χ3n) is 3.16. The molecule has 0 aliphatic carbocycles. The molecule has 1 atom stereocenters. The number of hydrogen-bond donors (Lipinski definition) is 2. The summed E-state index contributed by atoms with van der Waals surface area (Å²) in [5.41, 5.74) is -0.00231. The van der Waals surface area contributed by atoms with Crippen LogP contribution < -0.4 is 10.9 Å². The molecule has 2 rings (SSSR count). The minimum Gasteiger partial charge on any atom is -0.343 e. The van der Waals surface area contributed by atoms with Crippen LogP contribution in [-0.2, 0) is 0 Å². The Bertz CT molecular complexity index is 725. The first-order valence-corrected chi connectivity index (χ1v) is 7.08. The molecule has 0 aliphatic rings. The van der Waals surface area contributed by atoms with Crippen molar-refractivity contribution in [1.29, 1.82) is 0 Å². The Morgan fingerprint density at radius 1 is 1.32 bits per heavy atom. The van der Waals surface area contributed by atoms with Gasteiger partial charge in [-0.1, -0.05) is 31.5 Å². The van der Waals surface area contributed by atoms with Gasteiger partial charge in [-0.15, -0.1) is 0 Å². The lowest BCUT2D eigenvalue weighted by atomic mass is 9.95. The van der Waals surface area contributed by atoms with E-state index in [0.717, 1.165) is 0 Å². The van der Waals surface area contributed by atoms with Gasteiger partial charge in [0.25, 0.3) is 11.5 Å². The molecule has 1 heterocycles. The second kappa shape index (κ2) is 6.70. The highest BCUT2D eigenvalue weighted by Crippen LogP contribution is 2.26. The average molecular weight is 324 g/mol. The zero-order valence-corrected chi connectivity index (χ0v) is 12.8. The number of amides is 1. The molecule has 1 aromatic heterocycles. The topological polar surface area (TPSA) is 74.8 Å². The van der Waals surface area contributed by atoms with Gasteiger partial charge < -0.3 is 5.32 Å². The molecule has 0 saturated heterocycles. The van der Waals surface area contributed by atoms with E-state index in [9.17, 15) is 14.0 Å². The van der Waals surface area contributed by atoms with Gasteiger partial charge in [0.1, 0.15) is 11.5 Å². The van der Waals surface area contributed by atoms with Crippen LogP contribution in [0.3, 0.4) is 0 Å². The fourth-order valence-corrected chi connectivity index (χ4v) is 2.20. The van der Waals surface area contributed by atoms with Crippen LogP contribution in [0.1, 0.15) is 35.9 Å². The zero-order valence-electron chi connectivity index (χ0n) is 12.1. The molecule has 1 aromatic carbocycles. The maximum Gasteiger partial charge on any atom is 0.272 e. The number of nitrogens with zero attached hydrogens (tertiary/aromatic N) is 1. The Hall–Kier alpha value is -2.21. The number of aromatic amines is 1. The quantitative estimate of drug-likeness (QED) is 0.908. The van der Waals surface area contributed by atoms with Crippen molar-refractivity contribution in [3.05, 3.63) is 62.8 Å². The maximum atomic E-state index is 14.1. The predicted octanol–water partition coefficient (Wildman–Crippen LogP) is 2.69. The Morgan fingerprint density at radius 3 is 2.59 bits per heavy atom. The maximum absolute atomic E-state index is 14.1. The molecule has 5 nitrogen and oxygen atoms in total. The number of aromatic nitrogens is 2. The summed E-state index contributed by atoms with van der Waals surface area (Å²) < 4.78 is 14.1. The SMILES string of the molecule is CC(C)C(NC(=O)c1ccc(=O)[nH]n1)c1ccc(Cl)cc1F. The molecule has 1 unspecified atom stereocenters. The van der Waals surface area contributed by atoms with Crippen molar-refractivity contribution in [3.8, 4) is 0 Å². The number of halogens is 2. The van der Waals surface area contributed by atoms with E-state index in [4.69, 9.17) is 11.6 Å². The Kier molecular flexibility index (Phi) is 4.92. The van der Waals surface area contributed by atoms with E-state index in [1.54, 1.807) is 12.1 Å². The molecule has 22 heavy (non-hydrogen) atoms. The van der Waals surface area contributed by atoms with Gasteiger partial charge in [0.05, 0.1) is 6.04 Å². The molecular weight excluding hydrogens is 309 g/mol. The molecule has 0 aliphatic heterocycles. The van der Waals surface area contributed by atoms with Crippen molar-refractivity contribution in [3.63, 3.8) is 0 Å². The number of benzene rings is 1. The van der Waals surface area contributed by atoms with E-state index in [1.165, 1.54) is 18.2 Å². The Labute approximate surface area is 131 Å². The second-order valence-corrected chi connectivity index (χ2v) is 5.60. The van der Waals surface area contributed by atoms with E-state index >= 15 is 0 Å². The van der Waals surface area contributed by atoms with Gasteiger partial charge in [0, 0.05) is 16.7 Å². The molecule has 2 aromatic rings. The van der Waals surface area contributed by atoms with Gasteiger partial charge in [0.15, 0.2) is 0 Å². The summed E-state index contributed by atoms with van der Waals surface area (Å²) in [5.74, 6) is -1.03. The van der Waals surface area contributed by atoms with Crippen molar-refractivity contribution < 1.29 is 9.18 Å². The normalized spacial score (nSPS) is 12.2. The smallest absolute Gasteiger partial charge is 0.272 e. The molecule has 0 bridgehead atoms. The summed E-state index contributed by atoms with van der Waals surface area (Å²) in [7, 11) is 0. The predicted molar refractivity (Wildman–Crippen MR) is 81.3 cm³/mol. The average Bonchev–Trinajstić information content (AvgIpc) is 2.45. The Morgan fingerprint density at radius 2 is 2.05 bits per heavy atom. The van der Waals surface area contributed by atoms with E-state index < -0.39 is 23.3 Å². The van der Waals surface area contributed by atoms with Gasteiger partial charge in [-0.3, -0.25) is 9.59 Å². The minimum atomic E-state index is -0.543. The third-order valence-corrected chi connectivity index (χ3v) is 3.40. The molecule has 0 fully saturated rings. The molecule has 0 spiro atoms. The molecule has 7 heteroatoms. The van der Waals surface area contributed by atoms with E-state index in [2.05, 4.69) is 15.5 Å². The molecule has 0 saturated carbocycles. The van der Waals surface area contributed by atoms with E-state index in [0.29, 0.717) is 5.56 Å². The number of rotatable bonds is 4. The van der Waals surface area contributed by atoms with Crippen LogP contribution in [0.25, 0.3) is 0 Å². The Balaban J connectivity index is 2.27. The number of carbonyl (C=O) groups excluding carboxylic acids is 1. The molecule has 116 valence electrons. The summed E-state index contributed by atoms with van der Waals surface area (Å²) in [6.45, 7) is 3.72. The van der Waals surface area contributed by atoms with Crippen molar-refractivity contribution >= 4 is 17.5 Å². The van der Waals surface area contributed by atoms with Crippen molar-refractivity contribution in [2.24, 2.45) is 5.92 Å². The molecular formula is C15H15ClFN3O2. The minimum absolute atomic E-state index is 0.0533. The van der Waals surface area contributed by atoms with Crippen LogP contribution in [0.2, 0.25) is 5.02 Å². The first kappa shape index (κ1) is 16.2. The number of nitrogens with one attached hydrogen (secondary N) is 2. The van der Waals surface area contributed by atoms with Crippen LogP contribution >= 0.6 is 11.6 Å². The number of H-pyrrole nitrogens is 1. The van der Waals surface area contributed by atoms with Gasteiger partial charge >= 0.3 is 0 Å². The van der Waals surface area contributed by atoms with Gasteiger partial charge in [-0.05, 0) is 24.1 Å². The highest BCUT2D eigenvalue weighted by Gasteiger charge is 2.22. The monoisotopic (exact) mass is 323 g/mol. The van der Waals surface area contributed by atoms with Crippen LogP contribution in [0.4, 0.5) is 4.39 Å². The fraction of sp³-hybridized carbons (Fsp3) is 0.267. The van der Waals surface area contributed by atoms with E-state index in [-0.39, 0.29) is 16.6 Å². The molecule has 1 amide bonds. The zero-order chi connectivity index (χ0) is 16.3. The summed E-state index contributed by atoms with van der Waals surface area (Å²) in [4.78, 5) is 23.1. The highest BCUT2D eigenvalue weighted by atomic mass is 35.5. The molecule has 2 N–H and O–H groups in total.